The number of amides is 1. The topological polar surface area (TPSA) is 23.6 Å². The van der Waals surface area contributed by atoms with E-state index in [9.17, 15) is 4.79 Å². The van der Waals surface area contributed by atoms with Gasteiger partial charge in [-0.3, -0.25) is 9.69 Å². The lowest BCUT2D eigenvalue weighted by molar-refractivity contribution is -0.137. The minimum Gasteiger partial charge on any atom is -0.341 e. The van der Waals surface area contributed by atoms with E-state index in [1.165, 1.54) is 30.8 Å². The molecule has 92 valence electrons. The van der Waals surface area contributed by atoms with E-state index in [2.05, 4.69) is 16.7 Å². The van der Waals surface area contributed by atoms with Crippen LogP contribution in [0.4, 0.5) is 0 Å². The molecule has 2 saturated heterocycles. The summed E-state index contributed by atoms with van der Waals surface area (Å²) in [5.74, 6) is 2.71. The fraction of sp³-hybridized carbons (Fsp3) is 0.917. The number of likely N-dealkylation sites (tertiary alicyclic amines) is 1. The molecule has 0 spiro atoms. The van der Waals surface area contributed by atoms with Crippen molar-refractivity contribution in [2.45, 2.75) is 32.2 Å². The van der Waals surface area contributed by atoms with Gasteiger partial charge in [0.05, 0.1) is 6.04 Å². The van der Waals surface area contributed by atoms with Gasteiger partial charge in [0.25, 0.3) is 0 Å². The maximum Gasteiger partial charge on any atom is 0.239 e. The van der Waals surface area contributed by atoms with E-state index < -0.39 is 0 Å². The molecule has 2 aliphatic heterocycles. The van der Waals surface area contributed by atoms with Gasteiger partial charge >= 0.3 is 0 Å². The Hall–Kier alpha value is -0.220. The Bertz CT molecular complexity index is 235. The van der Waals surface area contributed by atoms with Crippen LogP contribution in [0.2, 0.25) is 0 Å². The number of rotatable bonds is 2. The fourth-order valence-electron chi connectivity index (χ4n) is 2.50. The van der Waals surface area contributed by atoms with Crippen molar-refractivity contribution < 1.29 is 4.79 Å². The number of thioether (sulfide) groups is 1. The third kappa shape index (κ3) is 2.92. The van der Waals surface area contributed by atoms with Crippen molar-refractivity contribution in [3.05, 3.63) is 0 Å². The molecular formula is C12H22N2OS. The fourth-order valence-corrected chi connectivity index (χ4v) is 3.43. The Balaban J connectivity index is 1.86. The normalized spacial score (nSPS) is 25.4. The lowest BCUT2D eigenvalue weighted by atomic mass is 10.1. The SMILES string of the molecule is C[C@@H](C(=O)N1CCCCC1)N1CCSCC1. The van der Waals surface area contributed by atoms with Gasteiger partial charge in [0.1, 0.15) is 0 Å². The molecule has 0 bridgehead atoms. The summed E-state index contributed by atoms with van der Waals surface area (Å²) in [7, 11) is 0. The molecule has 0 radical (unpaired) electrons. The molecule has 16 heavy (non-hydrogen) atoms. The van der Waals surface area contributed by atoms with Gasteiger partial charge in [-0.25, -0.2) is 0 Å². The summed E-state index contributed by atoms with van der Waals surface area (Å²) >= 11 is 2.00. The summed E-state index contributed by atoms with van der Waals surface area (Å²) in [6, 6.07) is 0.0963. The van der Waals surface area contributed by atoms with Crippen molar-refractivity contribution in [1.29, 1.82) is 0 Å². The maximum atomic E-state index is 12.3. The molecule has 0 aromatic rings. The van der Waals surface area contributed by atoms with Crippen molar-refractivity contribution in [3.8, 4) is 0 Å². The monoisotopic (exact) mass is 242 g/mol. The van der Waals surface area contributed by atoms with E-state index in [4.69, 9.17) is 0 Å². The molecule has 0 N–H and O–H groups in total. The van der Waals surface area contributed by atoms with Gasteiger partial charge in [-0.15, -0.1) is 0 Å². The number of hydrogen-bond acceptors (Lipinski definition) is 3. The number of nitrogens with zero attached hydrogens (tertiary/aromatic N) is 2. The summed E-state index contributed by atoms with van der Waals surface area (Å²) < 4.78 is 0. The molecule has 0 saturated carbocycles. The Morgan fingerprint density at radius 3 is 2.31 bits per heavy atom. The van der Waals surface area contributed by atoms with Crippen LogP contribution in [0, 0.1) is 0 Å². The van der Waals surface area contributed by atoms with Gasteiger partial charge in [-0.2, -0.15) is 11.8 Å². The minimum absolute atomic E-state index is 0.0963. The van der Waals surface area contributed by atoms with Crippen LogP contribution in [-0.4, -0.2) is 59.4 Å². The highest BCUT2D eigenvalue weighted by Crippen LogP contribution is 2.16. The number of carbonyl (C=O) groups excluding carboxylic acids is 1. The first kappa shape index (κ1) is 12.2. The second-order valence-electron chi connectivity index (χ2n) is 4.71. The lowest BCUT2D eigenvalue weighted by Gasteiger charge is -2.36. The van der Waals surface area contributed by atoms with E-state index in [0.717, 1.165) is 26.2 Å². The largest absolute Gasteiger partial charge is 0.341 e. The molecule has 2 heterocycles. The average Bonchev–Trinajstić information content (AvgIpc) is 2.39. The molecule has 3 nitrogen and oxygen atoms in total. The summed E-state index contributed by atoms with van der Waals surface area (Å²) in [5, 5.41) is 0. The number of hydrogen-bond donors (Lipinski definition) is 0. The van der Waals surface area contributed by atoms with E-state index in [-0.39, 0.29) is 6.04 Å². The predicted molar refractivity (Wildman–Crippen MR) is 68.8 cm³/mol. The Kier molecular flexibility index (Phi) is 4.53. The van der Waals surface area contributed by atoms with Crippen LogP contribution < -0.4 is 0 Å². The average molecular weight is 242 g/mol. The molecule has 4 heteroatoms. The van der Waals surface area contributed by atoms with Crippen LogP contribution in [0.5, 0.6) is 0 Å². The lowest BCUT2D eigenvalue weighted by Crippen LogP contribution is -2.50. The van der Waals surface area contributed by atoms with Gasteiger partial charge in [0.15, 0.2) is 0 Å². The van der Waals surface area contributed by atoms with Crippen molar-refractivity contribution >= 4 is 17.7 Å². The van der Waals surface area contributed by atoms with Crippen LogP contribution in [0.3, 0.4) is 0 Å². The van der Waals surface area contributed by atoms with Crippen molar-refractivity contribution in [2.75, 3.05) is 37.7 Å². The zero-order valence-electron chi connectivity index (χ0n) is 10.2. The third-order valence-corrected chi connectivity index (χ3v) is 4.56. The second-order valence-corrected chi connectivity index (χ2v) is 5.94. The highest BCUT2D eigenvalue weighted by atomic mass is 32.2. The molecule has 0 unspecified atom stereocenters. The molecule has 2 rings (SSSR count). The van der Waals surface area contributed by atoms with Crippen LogP contribution in [0.1, 0.15) is 26.2 Å². The van der Waals surface area contributed by atoms with Crippen LogP contribution in [0.15, 0.2) is 0 Å². The smallest absolute Gasteiger partial charge is 0.239 e. The molecule has 2 fully saturated rings. The first-order valence-corrected chi connectivity index (χ1v) is 7.55. The van der Waals surface area contributed by atoms with Gasteiger partial charge in [0, 0.05) is 37.7 Å². The van der Waals surface area contributed by atoms with Crippen molar-refractivity contribution in [1.82, 2.24) is 9.80 Å². The predicted octanol–water partition coefficient (Wildman–Crippen LogP) is 1.44. The Morgan fingerprint density at radius 1 is 1.06 bits per heavy atom. The van der Waals surface area contributed by atoms with Gasteiger partial charge in [-0.05, 0) is 26.2 Å². The van der Waals surface area contributed by atoms with E-state index in [1.807, 2.05) is 11.8 Å². The highest BCUT2D eigenvalue weighted by molar-refractivity contribution is 7.99. The van der Waals surface area contributed by atoms with Crippen LogP contribution >= 0.6 is 11.8 Å². The summed E-state index contributed by atoms with van der Waals surface area (Å²) in [5.41, 5.74) is 0. The van der Waals surface area contributed by atoms with Crippen molar-refractivity contribution in [3.63, 3.8) is 0 Å². The maximum absolute atomic E-state index is 12.3. The molecular weight excluding hydrogens is 220 g/mol. The minimum atomic E-state index is 0.0963. The summed E-state index contributed by atoms with van der Waals surface area (Å²) in [6.07, 6.45) is 3.67. The number of carbonyl (C=O) groups is 1. The highest BCUT2D eigenvalue weighted by Gasteiger charge is 2.27. The van der Waals surface area contributed by atoms with Crippen LogP contribution in [0.25, 0.3) is 0 Å². The standard InChI is InChI=1S/C12H22N2OS/c1-11(13-7-9-16-10-8-13)12(15)14-5-3-2-4-6-14/h11H,2-10H2,1H3/t11-/m0/s1. The Labute approximate surface area is 103 Å². The number of piperidine rings is 1. The van der Waals surface area contributed by atoms with Gasteiger partial charge < -0.3 is 4.90 Å². The molecule has 0 aliphatic carbocycles. The molecule has 1 amide bonds. The van der Waals surface area contributed by atoms with Gasteiger partial charge in [0.2, 0.25) is 5.91 Å². The Morgan fingerprint density at radius 2 is 1.69 bits per heavy atom. The van der Waals surface area contributed by atoms with Gasteiger partial charge in [-0.1, -0.05) is 0 Å². The molecule has 0 aromatic carbocycles. The molecule has 2 aliphatic rings. The second kappa shape index (κ2) is 5.92. The molecule has 1 atom stereocenters. The third-order valence-electron chi connectivity index (χ3n) is 3.62. The zero-order valence-corrected chi connectivity index (χ0v) is 11.0. The van der Waals surface area contributed by atoms with E-state index >= 15 is 0 Å². The quantitative estimate of drug-likeness (QED) is 0.732. The van der Waals surface area contributed by atoms with E-state index in [1.54, 1.807) is 0 Å². The first-order chi connectivity index (χ1) is 7.79. The van der Waals surface area contributed by atoms with E-state index in [0.29, 0.717) is 5.91 Å². The van der Waals surface area contributed by atoms with Crippen LogP contribution in [-0.2, 0) is 4.79 Å². The molecule has 0 aromatic heterocycles. The van der Waals surface area contributed by atoms with Crippen molar-refractivity contribution in [2.24, 2.45) is 0 Å². The summed E-state index contributed by atoms with van der Waals surface area (Å²) in [6.45, 7) is 6.18. The zero-order chi connectivity index (χ0) is 11.4. The summed E-state index contributed by atoms with van der Waals surface area (Å²) in [4.78, 5) is 16.7. The first-order valence-electron chi connectivity index (χ1n) is 6.39.